The summed E-state index contributed by atoms with van der Waals surface area (Å²) in [6.45, 7) is -0.437. The van der Waals surface area contributed by atoms with E-state index in [-0.39, 0.29) is 5.82 Å². The first-order valence-electron chi connectivity index (χ1n) is 5.20. The van der Waals surface area contributed by atoms with Crippen molar-refractivity contribution in [2.24, 2.45) is 0 Å². The van der Waals surface area contributed by atoms with Crippen molar-refractivity contribution in [3.05, 3.63) is 12.2 Å². The Hall–Kier alpha value is -1.55. The first-order chi connectivity index (χ1) is 8.58. The van der Waals surface area contributed by atoms with Crippen LogP contribution in [0.1, 0.15) is 16.8 Å². The molecule has 2 rings (SSSR count). The van der Waals surface area contributed by atoms with Crippen molar-refractivity contribution >= 4 is 5.97 Å². The maximum absolute atomic E-state index is 11.2. The van der Waals surface area contributed by atoms with Gasteiger partial charge in [-0.3, -0.25) is 0 Å². The highest BCUT2D eigenvalue weighted by molar-refractivity contribution is 5.84. The second-order valence-electron chi connectivity index (χ2n) is 3.77. The van der Waals surface area contributed by atoms with Gasteiger partial charge in [-0.15, -0.1) is 5.10 Å². The number of carbonyl (C=O) groups excluding carboxylic acids is 1. The van der Waals surface area contributed by atoms with Gasteiger partial charge in [0.1, 0.15) is 24.6 Å². The third-order valence-electron chi connectivity index (χ3n) is 2.65. The van der Waals surface area contributed by atoms with Crippen LogP contribution in [-0.4, -0.2) is 68.1 Å². The number of hydrogen-bond acceptors (Lipinski definition) is 8. The van der Waals surface area contributed by atoms with Gasteiger partial charge >= 0.3 is 5.97 Å². The molecule has 0 saturated carbocycles. The minimum atomic E-state index is -1.27. The molecule has 0 radical (unpaired) electrons. The lowest BCUT2D eigenvalue weighted by Gasteiger charge is -2.13. The number of methoxy groups -OCH3 is 1. The molecule has 0 bridgehead atoms. The lowest BCUT2D eigenvalue weighted by molar-refractivity contribution is -0.0589. The van der Waals surface area contributed by atoms with Crippen molar-refractivity contribution in [1.29, 1.82) is 0 Å². The van der Waals surface area contributed by atoms with Crippen molar-refractivity contribution in [3.8, 4) is 0 Å². The van der Waals surface area contributed by atoms with E-state index >= 15 is 0 Å². The van der Waals surface area contributed by atoms with E-state index in [0.29, 0.717) is 0 Å². The Bertz CT molecular complexity index is 436. The number of aliphatic hydroxyl groups excluding tert-OH is 3. The third kappa shape index (κ3) is 2.08. The minimum Gasteiger partial charge on any atom is -0.463 e. The Kier molecular flexibility index (Phi) is 3.57. The van der Waals surface area contributed by atoms with Crippen LogP contribution >= 0.6 is 0 Å². The van der Waals surface area contributed by atoms with Crippen molar-refractivity contribution in [3.63, 3.8) is 0 Å². The van der Waals surface area contributed by atoms with Gasteiger partial charge in [-0.25, -0.2) is 14.5 Å². The van der Waals surface area contributed by atoms with Gasteiger partial charge < -0.3 is 24.8 Å². The highest BCUT2D eigenvalue weighted by atomic mass is 16.6. The number of hydrogen-bond donors (Lipinski definition) is 3. The van der Waals surface area contributed by atoms with E-state index in [0.717, 1.165) is 4.68 Å². The molecule has 1 aromatic heterocycles. The molecule has 0 aliphatic carbocycles. The zero-order valence-electron chi connectivity index (χ0n) is 9.50. The zero-order valence-corrected chi connectivity index (χ0v) is 9.50. The van der Waals surface area contributed by atoms with Crippen LogP contribution in [0, 0.1) is 0 Å². The van der Waals surface area contributed by atoms with Crippen LogP contribution in [0.15, 0.2) is 6.33 Å². The summed E-state index contributed by atoms with van der Waals surface area (Å²) in [5.41, 5.74) is 0. The SMILES string of the molecule is COC(=O)c1ncn([C@@H]2O[C@H](CO)[C@H](O)C2O)n1. The van der Waals surface area contributed by atoms with Gasteiger partial charge in [-0.05, 0) is 0 Å². The molecule has 1 aromatic rings. The van der Waals surface area contributed by atoms with Gasteiger partial charge in [0.05, 0.1) is 13.7 Å². The lowest BCUT2D eigenvalue weighted by Crippen LogP contribution is -2.33. The summed E-state index contributed by atoms with van der Waals surface area (Å²) >= 11 is 0. The van der Waals surface area contributed by atoms with Crippen molar-refractivity contribution in [1.82, 2.24) is 14.8 Å². The quantitative estimate of drug-likeness (QED) is 0.516. The zero-order chi connectivity index (χ0) is 13.3. The molecule has 1 aliphatic rings. The van der Waals surface area contributed by atoms with E-state index in [1.54, 1.807) is 0 Å². The monoisotopic (exact) mass is 259 g/mol. The molecule has 2 heterocycles. The van der Waals surface area contributed by atoms with Gasteiger partial charge in [0.15, 0.2) is 6.23 Å². The third-order valence-corrected chi connectivity index (χ3v) is 2.65. The standard InChI is InChI=1S/C9H13N3O6/c1-17-9(16)7-10-3-12(11-7)8-6(15)5(14)4(2-13)18-8/h3-6,8,13-15H,2H2,1H3/t4-,5+,6?,8-/m1/s1. The highest BCUT2D eigenvalue weighted by Crippen LogP contribution is 2.28. The summed E-state index contributed by atoms with van der Waals surface area (Å²) < 4.78 is 10.7. The average Bonchev–Trinajstić information content (AvgIpc) is 2.96. The van der Waals surface area contributed by atoms with E-state index in [1.807, 2.05) is 0 Å². The molecular weight excluding hydrogens is 246 g/mol. The van der Waals surface area contributed by atoms with Crippen LogP contribution < -0.4 is 0 Å². The molecule has 1 aliphatic heterocycles. The molecule has 3 N–H and O–H groups in total. The molecule has 1 fully saturated rings. The molecule has 9 nitrogen and oxygen atoms in total. The Morgan fingerprint density at radius 1 is 1.56 bits per heavy atom. The number of nitrogens with zero attached hydrogens (tertiary/aromatic N) is 3. The Balaban J connectivity index is 2.17. The summed E-state index contributed by atoms with van der Waals surface area (Å²) in [6, 6.07) is 0. The maximum Gasteiger partial charge on any atom is 0.377 e. The first kappa shape index (κ1) is 12.9. The number of rotatable bonds is 3. The summed E-state index contributed by atoms with van der Waals surface area (Å²) in [7, 11) is 1.19. The van der Waals surface area contributed by atoms with Gasteiger partial charge in [0.2, 0.25) is 0 Å². The second-order valence-corrected chi connectivity index (χ2v) is 3.77. The molecule has 100 valence electrons. The molecular formula is C9H13N3O6. The topological polar surface area (TPSA) is 127 Å². The largest absolute Gasteiger partial charge is 0.463 e. The molecule has 0 amide bonds. The summed E-state index contributed by atoms with van der Waals surface area (Å²) in [4.78, 5) is 14.8. The van der Waals surface area contributed by atoms with Gasteiger partial charge in [-0.2, -0.15) is 0 Å². The predicted molar refractivity (Wildman–Crippen MR) is 54.4 cm³/mol. The van der Waals surface area contributed by atoms with Crippen LogP contribution in [0.4, 0.5) is 0 Å². The summed E-state index contributed by atoms with van der Waals surface area (Å²) in [6.07, 6.45) is -3.24. The fourth-order valence-electron chi connectivity index (χ4n) is 1.68. The molecule has 0 spiro atoms. The number of esters is 1. The number of carbonyl (C=O) groups is 1. The normalized spacial score (nSPS) is 31.6. The second kappa shape index (κ2) is 4.98. The van der Waals surface area contributed by atoms with Crippen molar-refractivity contribution < 1.29 is 29.6 Å². The summed E-state index contributed by atoms with van der Waals surface area (Å²) in [5, 5.41) is 32.0. The van der Waals surface area contributed by atoms with Crippen LogP contribution in [0.25, 0.3) is 0 Å². The maximum atomic E-state index is 11.2. The van der Waals surface area contributed by atoms with Crippen LogP contribution in [0.3, 0.4) is 0 Å². The molecule has 1 saturated heterocycles. The fraction of sp³-hybridized carbons (Fsp3) is 0.667. The molecule has 1 unspecified atom stereocenters. The van der Waals surface area contributed by atoms with Crippen LogP contribution in [0.5, 0.6) is 0 Å². The average molecular weight is 259 g/mol. The Labute approximate surface area is 102 Å². The smallest absolute Gasteiger partial charge is 0.377 e. The molecule has 4 atom stereocenters. The first-order valence-corrected chi connectivity index (χ1v) is 5.20. The molecule has 18 heavy (non-hydrogen) atoms. The van der Waals surface area contributed by atoms with Crippen molar-refractivity contribution in [2.75, 3.05) is 13.7 Å². The van der Waals surface area contributed by atoms with E-state index in [2.05, 4.69) is 14.8 Å². The Morgan fingerprint density at radius 2 is 2.28 bits per heavy atom. The van der Waals surface area contributed by atoms with E-state index < -0.39 is 37.1 Å². The highest BCUT2D eigenvalue weighted by Gasteiger charge is 2.44. The fourth-order valence-corrected chi connectivity index (χ4v) is 1.68. The molecule has 9 heteroatoms. The van der Waals surface area contributed by atoms with E-state index in [4.69, 9.17) is 9.84 Å². The van der Waals surface area contributed by atoms with E-state index in [1.165, 1.54) is 13.4 Å². The number of ether oxygens (including phenoxy) is 2. The van der Waals surface area contributed by atoms with E-state index in [9.17, 15) is 15.0 Å². The number of aromatic nitrogens is 3. The summed E-state index contributed by atoms with van der Waals surface area (Å²) in [5.74, 6) is -0.907. The predicted octanol–water partition coefficient (Wildman–Crippen LogP) is -2.32. The van der Waals surface area contributed by atoms with Crippen LogP contribution in [-0.2, 0) is 9.47 Å². The van der Waals surface area contributed by atoms with Gasteiger partial charge in [-0.1, -0.05) is 0 Å². The van der Waals surface area contributed by atoms with Crippen molar-refractivity contribution in [2.45, 2.75) is 24.5 Å². The van der Waals surface area contributed by atoms with Crippen LogP contribution in [0.2, 0.25) is 0 Å². The van der Waals surface area contributed by atoms with Gasteiger partial charge in [0, 0.05) is 0 Å². The van der Waals surface area contributed by atoms with Gasteiger partial charge in [0.25, 0.3) is 5.82 Å². The molecule has 0 aromatic carbocycles. The minimum absolute atomic E-state index is 0.185. The Morgan fingerprint density at radius 3 is 2.83 bits per heavy atom. The lowest BCUT2D eigenvalue weighted by atomic mass is 10.1. The number of aliphatic hydroxyl groups is 3.